The third-order valence-electron chi connectivity index (χ3n) is 1.84. The summed E-state index contributed by atoms with van der Waals surface area (Å²) in [4.78, 5) is 34.6. The molecule has 92 valence electrons. The zero-order valence-electron chi connectivity index (χ0n) is 9.35. The van der Waals surface area contributed by atoms with Crippen LogP contribution in [-0.2, 0) is 9.53 Å². The molecule has 0 aliphatic heterocycles. The van der Waals surface area contributed by atoms with Crippen molar-refractivity contribution in [1.82, 2.24) is 5.32 Å². The maximum absolute atomic E-state index is 11.6. The number of ether oxygens (including phenoxy) is 1. The average molecular weight is 256 g/mol. The van der Waals surface area contributed by atoms with Gasteiger partial charge in [-0.3, -0.25) is 10.1 Å². The topological polar surface area (TPSA) is 98.5 Å². The van der Waals surface area contributed by atoms with Gasteiger partial charge in [0.2, 0.25) is 0 Å². The molecule has 0 aromatic carbocycles. The molecule has 0 bridgehead atoms. The zero-order valence-corrected chi connectivity index (χ0v) is 10.2. The predicted octanol–water partition coefficient (Wildman–Crippen LogP) is 0.797. The lowest BCUT2D eigenvalue weighted by atomic mass is 10.3. The van der Waals surface area contributed by atoms with Crippen LogP contribution in [0.3, 0.4) is 0 Å². The highest BCUT2D eigenvalue weighted by Gasteiger charge is 2.20. The average Bonchev–Trinajstić information content (AvgIpc) is 2.63. The monoisotopic (exact) mass is 256 g/mol. The molecule has 1 atom stereocenters. The molecule has 0 aliphatic rings. The van der Waals surface area contributed by atoms with Gasteiger partial charge in [0.25, 0.3) is 5.91 Å². The lowest BCUT2D eigenvalue weighted by molar-refractivity contribution is -0.127. The number of hydrogen-bond acceptors (Lipinski definition) is 5. The minimum absolute atomic E-state index is 0.404. The van der Waals surface area contributed by atoms with Gasteiger partial charge in [0.15, 0.2) is 6.10 Å². The van der Waals surface area contributed by atoms with Gasteiger partial charge in [-0.05, 0) is 26.0 Å². The summed E-state index contributed by atoms with van der Waals surface area (Å²) >= 11 is 1.27. The molecule has 0 fully saturated rings. The van der Waals surface area contributed by atoms with Gasteiger partial charge in [-0.15, -0.1) is 11.3 Å². The van der Waals surface area contributed by atoms with E-state index in [1.165, 1.54) is 18.3 Å². The first-order valence-electron chi connectivity index (χ1n) is 4.78. The summed E-state index contributed by atoms with van der Waals surface area (Å²) < 4.78 is 4.86. The highest BCUT2D eigenvalue weighted by Crippen LogP contribution is 2.16. The Morgan fingerprint density at radius 1 is 1.41 bits per heavy atom. The third kappa shape index (κ3) is 3.87. The van der Waals surface area contributed by atoms with E-state index in [9.17, 15) is 14.4 Å². The van der Waals surface area contributed by atoms with Gasteiger partial charge in [-0.1, -0.05) is 0 Å². The molecule has 3 N–H and O–H groups in total. The molecule has 1 aromatic rings. The van der Waals surface area contributed by atoms with Gasteiger partial charge < -0.3 is 10.5 Å². The van der Waals surface area contributed by atoms with Crippen LogP contribution in [-0.4, -0.2) is 24.0 Å². The summed E-state index contributed by atoms with van der Waals surface area (Å²) in [6.45, 7) is 3.21. The fourth-order valence-electron chi connectivity index (χ4n) is 1.04. The third-order valence-corrected chi connectivity index (χ3v) is 2.82. The van der Waals surface area contributed by atoms with Crippen molar-refractivity contribution in [2.45, 2.75) is 20.0 Å². The van der Waals surface area contributed by atoms with Crippen LogP contribution in [0.2, 0.25) is 0 Å². The van der Waals surface area contributed by atoms with Crippen LogP contribution >= 0.6 is 11.3 Å². The van der Waals surface area contributed by atoms with E-state index in [0.717, 1.165) is 4.88 Å². The molecule has 7 heteroatoms. The standard InChI is InChI=1S/C10H12N2O4S/c1-5-3-4-7(17-5)9(14)16-6(2)8(13)12-10(11)15/h3-4,6H,1-2H3,(H3,11,12,13,15). The molecule has 0 aliphatic carbocycles. The van der Waals surface area contributed by atoms with E-state index < -0.39 is 24.0 Å². The van der Waals surface area contributed by atoms with Crippen molar-refractivity contribution in [3.8, 4) is 0 Å². The summed E-state index contributed by atoms with van der Waals surface area (Å²) in [6, 6.07) is 2.40. The molecule has 1 aromatic heterocycles. The molecule has 1 unspecified atom stereocenters. The van der Waals surface area contributed by atoms with Crippen molar-refractivity contribution in [1.29, 1.82) is 0 Å². The van der Waals surface area contributed by atoms with Crippen LogP contribution in [0.1, 0.15) is 21.5 Å². The maximum Gasteiger partial charge on any atom is 0.349 e. The Balaban J connectivity index is 2.57. The van der Waals surface area contributed by atoms with E-state index in [2.05, 4.69) is 0 Å². The first kappa shape index (κ1) is 13.2. The number of primary amides is 1. The van der Waals surface area contributed by atoms with E-state index in [1.54, 1.807) is 12.1 Å². The molecular weight excluding hydrogens is 244 g/mol. The Hall–Kier alpha value is -1.89. The minimum Gasteiger partial charge on any atom is -0.448 e. The van der Waals surface area contributed by atoms with Crippen molar-refractivity contribution < 1.29 is 19.1 Å². The number of nitrogens with one attached hydrogen (secondary N) is 1. The van der Waals surface area contributed by atoms with Crippen molar-refractivity contribution in [3.63, 3.8) is 0 Å². The second-order valence-corrected chi connectivity index (χ2v) is 4.60. The summed E-state index contributed by atoms with van der Waals surface area (Å²) in [5.74, 6) is -1.35. The SMILES string of the molecule is Cc1ccc(C(=O)OC(C)C(=O)NC(N)=O)s1. The van der Waals surface area contributed by atoms with Gasteiger partial charge in [-0.25, -0.2) is 9.59 Å². The van der Waals surface area contributed by atoms with E-state index in [0.29, 0.717) is 4.88 Å². The van der Waals surface area contributed by atoms with Gasteiger partial charge in [0, 0.05) is 4.88 Å². The Morgan fingerprint density at radius 3 is 2.53 bits per heavy atom. The maximum atomic E-state index is 11.6. The smallest absolute Gasteiger partial charge is 0.349 e. The van der Waals surface area contributed by atoms with Crippen molar-refractivity contribution in [3.05, 3.63) is 21.9 Å². The number of rotatable bonds is 3. The van der Waals surface area contributed by atoms with E-state index in [-0.39, 0.29) is 0 Å². The summed E-state index contributed by atoms with van der Waals surface area (Å²) in [5.41, 5.74) is 4.77. The van der Waals surface area contributed by atoms with Crippen LogP contribution < -0.4 is 11.1 Å². The minimum atomic E-state index is -1.07. The Bertz CT molecular complexity index is 455. The van der Waals surface area contributed by atoms with Crippen molar-refractivity contribution in [2.75, 3.05) is 0 Å². The van der Waals surface area contributed by atoms with Gasteiger partial charge in [0.1, 0.15) is 4.88 Å². The Morgan fingerprint density at radius 2 is 2.06 bits per heavy atom. The largest absolute Gasteiger partial charge is 0.448 e. The number of carbonyl (C=O) groups excluding carboxylic acids is 3. The fraction of sp³-hybridized carbons (Fsp3) is 0.300. The number of esters is 1. The van der Waals surface area contributed by atoms with Crippen LogP contribution in [0.25, 0.3) is 0 Å². The molecular formula is C10H12N2O4S. The number of aryl methyl sites for hydroxylation is 1. The van der Waals surface area contributed by atoms with Crippen LogP contribution in [0.15, 0.2) is 12.1 Å². The number of hydrogen-bond donors (Lipinski definition) is 2. The normalized spacial score (nSPS) is 11.6. The van der Waals surface area contributed by atoms with Crippen LogP contribution in [0.4, 0.5) is 4.79 Å². The summed E-state index contributed by atoms with van der Waals surface area (Å²) in [6.07, 6.45) is -1.07. The number of carbonyl (C=O) groups is 3. The van der Waals surface area contributed by atoms with Gasteiger partial charge in [0.05, 0.1) is 0 Å². The molecule has 6 nitrogen and oxygen atoms in total. The van der Waals surface area contributed by atoms with Crippen LogP contribution in [0, 0.1) is 6.92 Å². The first-order valence-corrected chi connectivity index (χ1v) is 5.59. The molecule has 3 amide bonds. The summed E-state index contributed by atoms with van der Waals surface area (Å²) in [5, 5.41) is 1.83. The van der Waals surface area contributed by atoms with Crippen molar-refractivity contribution >= 4 is 29.2 Å². The highest BCUT2D eigenvalue weighted by atomic mass is 32.1. The number of imide groups is 1. The Kier molecular flexibility index (Phi) is 4.22. The second kappa shape index (κ2) is 5.44. The van der Waals surface area contributed by atoms with Crippen LogP contribution in [0.5, 0.6) is 0 Å². The van der Waals surface area contributed by atoms with Gasteiger partial charge >= 0.3 is 12.0 Å². The van der Waals surface area contributed by atoms with E-state index in [4.69, 9.17) is 10.5 Å². The summed E-state index contributed by atoms with van der Waals surface area (Å²) in [7, 11) is 0. The molecule has 0 radical (unpaired) electrons. The fourth-order valence-corrected chi connectivity index (χ4v) is 1.79. The molecule has 17 heavy (non-hydrogen) atoms. The lowest BCUT2D eigenvalue weighted by Crippen LogP contribution is -2.42. The second-order valence-electron chi connectivity index (χ2n) is 3.31. The zero-order chi connectivity index (χ0) is 13.0. The number of thiophene rings is 1. The molecule has 0 saturated heterocycles. The lowest BCUT2D eigenvalue weighted by Gasteiger charge is -2.10. The number of amides is 3. The molecule has 1 rings (SSSR count). The van der Waals surface area contributed by atoms with Crippen molar-refractivity contribution in [2.24, 2.45) is 5.73 Å². The number of urea groups is 1. The first-order chi connectivity index (χ1) is 7.90. The number of nitrogens with two attached hydrogens (primary N) is 1. The molecule has 0 spiro atoms. The molecule has 0 saturated carbocycles. The van der Waals surface area contributed by atoms with E-state index in [1.807, 2.05) is 12.2 Å². The molecule has 1 heterocycles. The van der Waals surface area contributed by atoms with Gasteiger partial charge in [-0.2, -0.15) is 0 Å². The highest BCUT2D eigenvalue weighted by molar-refractivity contribution is 7.13. The van der Waals surface area contributed by atoms with E-state index >= 15 is 0 Å². The Labute approximate surface area is 102 Å². The quantitative estimate of drug-likeness (QED) is 0.781. The predicted molar refractivity (Wildman–Crippen MR) is 61.7 cm³/mol.